The van der Waals surface area contributed by atoms with Crippen LogP contribution < -0.4 is 20.3 Å². The van der Waals surface area contributed by atoms with E-state index in [4.69, 9.17) is 19.7 Å². The minimum Gasteiger partial charge on any atom is -0.507 e. The number of anilines is 3. The normalized spacial score (nSPS) is 18.8. The summed E-state index contributed by atoms with van der Waals surface area (Å²) in [5.74, 6) is -0.661. The molecule has 6 rings (SSSR count). The Morgan fingerprint density at radius 2 is 1.89 bits per heavy atom. The first-order valence-electron chi connectivity index (χ1n) is 15.6. The summed E-state index contributed by atoms with van der Waals surface area (Å²) in [7, 11) is 0. The Balaban J connectivity index is 1.01. The molecule has 4 atom stereocenters. The van der Waals surface area contributed by atoms with Crippen LogP contribution in [-0.4, -0.2) is 81.5 Å². The summed E-state index contributed by atoms with van der Waals surface area (Å²) in [5.41, 5.74) is 10.0. The van der Waals surface area contributed by atoms with E-state index in [-0.39, 0.29) is 30.4 Å². The van der Waals surface area contributed by atoms with Gasteiger partial charge < -0.3 is 39.7 Å². The number of ether oxygens (including phenoxy) is 2. The molecular weight excluding hydrogens is 590 g/mol. The molecule has 13 nitrogen and oxygen atoms in total. The summed E-state index contributed by atoms with van der Waals surface area (Å²) >= 11 is 0. The molecule has 2 aliphatic heterocycles. The minimum atomic E-state index is -0.965. The minimum absolute atomic E-state index is 0.151. The summed E-state index contributed by atoms with van der Waals surface area (Å²) in [4.78, 5) is 20.9. The molecule has 0 saturated carbocycles. The molecule has 242 valence electrons. The number of nitrogens with zero attached hydrogens (tertiary/aromatic N) is 6. The van der Waals surface area contributed by atoms with Gasteiger partial charge in [-0.2, -0.15) is 0 Å². The first-order valence-corrected chi connectivity index (χ1v) is 15.6. The van der Waals surface area contributed by atoms with Gasteiger partial charge in [-0.25, -0.2) is 4.98 Å². The van der Waals surface area contributed by atoms with E-state index in [9.17, 15) is 15.0 Å². The summed E-state index contributed by atoms with van der Waals surface area (Å²) in [6.07, 6.45) is 4.51. The second-order valence-corrected chi connectivity index (χ2v) is 12.0. The molecule has 46 heavy (non-hydrogen) atoms. The monoisotopic (exact) mass is 629 g/mol. The van der Waals surface area contributed by atoms with E-state index in [0.717, 1.165) is 37.3 Å². The number of phenols is 1. The SMILES string of the molecule is Cc1cc(C(C(=O)O)[C@@H](C)COCCCOc2cc(N3C4CCC3CN(c3cc(-c5ccccc5O)nnc3N)C4)ccn2)on1. The zero-order valence-electron chi connectivity index (χ0n) is 26.0. The number of hydrogen-bond acceptors (Lipinski definition) is 12. The van der Waals surface area contributed by atoms with Crippen molar-refractivity contribution in [1.82, 2.24) is 20.3 Å². The van der Waals surface area contributed by atoms with Crippen LogP contribution >= 0.6 is 0 Å². The summed E-state index contributed by atoms with van der Waals surface area (Å²) in [6, 6.07) is 15.2. The first kappa shape index (κ1) is 31.1. The van der Waals surface area contributed by atoms with Crippen molar-refractivity contribution >= 4 is 23.2 Å². The zero-order valence-corrected chi connectivity index (χ0v) is 26.0. The fourth-order valence-corrected chi connectivity index (χ4v) is 6.50. The van der Waals surface area contributed by atoms with Gasteiger partial charge in [-0.15, -0.1) is 10.2 Å². The number of aromatic hydroxyl groups is 1. The van der Waals surface area contributed by atoms with E-state index in [1.165, 1.54) is 0 Å². The Morgan fingerprint density at radius 1 is 1.11 bits per heavy atom. The number of hydrogen-bond donors (Lipinski definition) is 3. The highest BCUT2D eigenvalue weighted by molar-refractivity contribution is 5.76. The van der Waals surface area contributed by atoms with Crippen molar-refractivity contribution in [3.63, 3.8) is 0 Å². The number of carbonyl (C=O) groups is 1. The number of pyridine rings is 1. The number of fused-ring (bicyclic) bond motifs is 2. The van der Waals surface area contributed by atoms with Crippen LogP contribution in [0.5, 0.6) is 11.6 Å². The van der Waals surface area contributed by atoms with Crippen molar-refractivity contribution in [2.45, 2.75) is 51.1 Å². The van der Waals surface area contributed by atoms with E-state index in [1.807, 2.05) is 37.3 Å². The maximum Gasteiger partial charge on any atom is 0.314 e. The van der Waals surface area contributed by atoms with Crippen LogP contribution in [0.2, 0.25) is 0 Å². The Hall–Kier alpha value is -4.91. The highest BCUT2D eigenvalue weighted by Gasteiger charge is 2.41. The molecule has 4 N–H and O–H groups in total. The van der Waals surface area contributed by atoms with Crippen molar-refractivity contribution in [1.29, 1.82) is 0 Å². The molecule has 0 aliphatic carbocycles. The lowest BCUT2D eigenvalue weighted by Gasteiger charge is -2.43. The lowest BCUT2D eigenvalue weighted by molar-refractivity contribution is -0.141. The van der Waals surface area contributed by atoms with Gasteiger partial charge in [0.2, 0.25) is 5.88 Å². The van der Waals surface area contributed by atoms with Crippen LogP contribution in [0.1, 0.15) is 43.6 Å². The summed E-state index contributed by atoms with van der Waals surface area (Å²) in [6.45, 7) is 6.26. The van der Waals surface area contributed by atoms with Crippen molar-refractivity contribution in [2.24, 2.45) is 5.92 Å². The van der Waals surface area contributed by atoms with E-state index >= 15 is 0 Å². The van der Waals surface area contributed by atoms with Crippen molar-refractivity contribution < 1.29 is 29.0 Å². The van der Waals surface area contributed by atoms with E-state index in [2.05, 4.69) is 30.1 Å². The van der Waals surface area contributed by atoms with Gasteiger partial charge in [0.15, 0.2) is 11.6 Å². The number of phenolic OH excluding ortho intramolecular Hbond substituents is 1. The molecule has 1 aromatic carbocycles. The maximum absolute atomic E-state index is 11.8. The van der Waals surface area contributed by atoms with Gasteiger partial charge in [0.25, 0.3) is 0 Å². The van der Waals surface area contributed by atoms with Crippen LogP contribution in [0.3, 0.4) is 0 Å². The third kappa shape index (κ3) is 6.69. The fourth-order valence-electron chi connectivity index (χ4n) is 6.50. The molecule has 5 heterocycles. The molecule has 2 aliphatic rings. The Kier molecular flexibility index (Phi) is 9.20. The zero-order chi connectivity index (χ0) is 32.2. The largest absolute Gasteiger partial charge is 0.507 e. The van der Waals surface area contributed by atoms with E-state index < -0.39 is 11.9 Å². The first-order chi connectivity index (χ1) is 22.3. The molecule has 0 radical (unpaired) electrons. The molecule has 4 aromatic rings. The number of carboxylic acid groups (broad SMARTS) is 1. The molecule has 13 heteroatoms. The van der Waals surface area contributed by atoms with Gasteiger partial charge in [0.05, 0.1) is 30.3 Å². The molecule has 2 fully saturated rings. The number of aryl methyl sites for hydroxylation is 1. The molecule has 3 aromatic heterocycles. The van der Waals surface area contributed by atoms with E-state index in [0.29, 0.717) is 54.0 Å². The average molecular weight is 630 g/mol. The smallest absolute Gasteiger partial charge is 0.314 e. The topological polar surface area (TPSA) is 173 Å². The van der Waals surface area contributed by atoms with Gasteiger partial charge in [0.1, 0.15) is 11.7 Å². The Labute approximate surface area is 266 Å². The number of nitrogen functional groups attached to an aromatic ring is 1. The number of nitrogens with two attached hydrogens (primary N) is 1. The van der Waals surface area contributed by atoms with Crippen LogP contribution in [-0.2, 0) is 9.53 Å². The lowest BCUT2D eigenvalue weighted by atomic mass is 9.92. The number of aromatic nitrogens is 4. The highest BCUT2D eigenvalue weighted by Crippen LogP contribution is 2.39. The molecule has 2 saturated heterocycles. The molecule has 2 bridgehead atoms. The van der Waals surface area contributed by atoms with Gasteiger partial charge in [-0.3, -0.25) is 4.79 Å². The van der Waals surface area contributed by atoms with Gasteiger partial charge in [-0.05, 0) is 44.0 Å². The average Bonchev–Trinajstić information content (AvgIpc) is 3.58. The third-order valence-corrected chi connectivity index (χ3v) is 8.67. The van der Waals surface area contributed by atoms with Crippen LogP contribution in [0, 0.1) is 12.8 Å². The fraction of sp³-hybridized carbons (Fsp3) is 0.424. The maximum atomic E-state index is 11.8. The lowest BCUT2D eigenvalue weighted by Crippen LogP contribution is -2.54. The summed E-state index contributed by atoms with van der Waals surface area (Å²) in [5, 5.41) is 32.3. The van der Waals surface area contributed by atoms with Crippen LogP contribution in [0.25, 0.3) is 11.3 Å². The molecular formula is C33H39N7O6. The molecule has 0 amide bonds. The van der Waals surface area contributed by atoms with Gasteiger partial charge in [-0.1, -0.05) is 24.2 Å². The van der Waals surface area contributed by atoms with Gasteiger partial charge >= 0.3 is 5.97 Å². The number of carboxylic acids is 1. The van der Waals surface area contributed by atoms with Gasteiger partial charge in [0, 0.05) is 73.7 Å². The van der Waals surface area contributed by atoms with Crippen LogP contribution in [0.15, 0.2) is 59.3 Å². The third-order valence-electron chi connectivity index (χ3n) is 8.67. The van der Waals surface area contributed by atoms with Crippen molar-refractivity contribution in [3.05, 3.63) is 66.2 Å². The number of piperazine rings is 1. The number of aliphatic carboxylic acids is 1. The molecule has 3 unspecified atom stereocenters. The Bertz CT molecular complexity index is 1650. The molecule has 0 spiro atoms. The predicted octanol–water partition coefficient (Wildman–Crippen LogP) is 4.27. The second-order valence-electron chi connectivity index (χ2n) is 12.0. The Morgan fingerprint density at radius 3 is 2.61 bits per heavy atom. The van der Waals surface area contributed by atoms with Crippen molar-refractivity contribution in [2.75, 3.05) is 48.4 Å². The number of benzene rings is 1. The quantitative estimate of drug-likeness (QED) is 0.179. The van der Waals surface area contributed by atoms with Crippen molar-refractivity contribution in [3.8, 4) is 22.9 Å². The second kappa shape index (κ2) is 13.6. The highest BCUT2D eigenvalue weighted by atomic mass is 16.5. The number of para-hydroxylation sites is 1. The van der Waals surface area contributed by atoms with E-state index in [1.54, 1.807) is 31.3 Å². The van der Waals surface area contributed by atoms with Crippen LogP contribution in [0.4, 0.5) is 17.2 Å². The number of rotatable bonds is 13. The summed E-state index contributed by atoms with van der Waals surface area (Å²) < 4.78 is 16.9. The predicted molar refractivity (Wildman–Crippen MR) is 171 cm³/mol. The standard InChI is InChI=1S/C33H39N7O6/c1-20(31(33(42)43)29-14-21(2)38-46-29)19-44-12-5-13-45-30-15-22(10-11-35-30)40-23-8-9-24(40)18-39(17-23)27-16-26(36-37-32(27)34)25-6-3-4-7-28(25)41/h3-4,6-7,10-11,14-16,20,23-24,31,41H,5,8-9,12-13,17-19H2,1-2H3,(H2,34,37)(H,42,43)/t20-,23?,24?,31?/m0/s1.